The van der Waals surface area contributed by atoms with E-state index in [9.17, 15) is 52.7 Å². The number of carbonyl (C=O) groups excluding carboxylic acids is 11. The van der Waals surface area contributed by atoms with Gasteiger partial charge in [0.05, 0.1) is 120 Å². The van der Waals surface area contributed by atoms with Crippen LogP contribution in [0.3, 0.4) is 0 Å². The van der Waals surface area contributed by atoms with Gasteiger partial charge in [-0.15, -0.1) is 17.7 Å². The molecule has 0 aliphatic carbocycles. The molecule has 0 bridgehead atoms. The molecule has 141 heavy (non-hydrogen) atoms. The molecule has 0 aliphatic rings. The first-order valence-corrected chi connectivity index (χ1v) is 38.7. The van der Waals surface area contributed by atoms with Crippen LogP contribution >= 0.6 is 11.6 Å². The van der Waals surface area contributed by atoms with Crippen molar-refractivity contribution in [2.75, 3.05) is 17.2 Å². The van der Waals surface area contributed by atoms with E-state index in [1.54, 1.807) is 110 Å². The third kappa shape index (κ3) is 31.3. The summed E-state index contributed by atoms with van der Waals surface area (Å²) in [5.74, 6) is -5.71. The Hall–Kier alpha value is -14.9. The van der Waals surface area contributed by atoms with Crippen LogP contribution in [0.2, 0.25) is 5.02 Å². The van der Waals surface area contributed by atoms with E-state index in [2.05, 4.69) is 156 Å². The SMILES string of the molecule is Cc1cnc2cccc(C(N)=O)c2n1.Cc1nc2cccc(C(N)=O)c2nc1C.NC(=O)c1[c-]cnc2[nH]ccc12.NC(=O)c1c(N)cnc2ccccc12.NC(=O)c1c[c-]nc2[nH]ccc12.NC(=O)c1c[c-]nc2nc[nH]c12.NC(=O)c1cccc2nccnc12.NC(=O)c1cn[nH]c1N.NC(=O)c1n[c-]nc2[nH]ccc12.NC(=O)c1n[c-]nc2nc[nH]c12.NC(=O)c1nc(N)ncc1Cl.[Y].[Y].[Y].[Y].[Y]. The molecule has 0 aliphatic heterocycles. The van der Waals surface area contributed by atoms with Crippen molar-refractivity contribution < 1.29 is 216 Å². The molecule has 34 N–H and O–H groups in total. The Labute approximate surface area is 923 Å². The fourth-order valence-electron chi connectivity index (χ4n) is 11.6. The number of pyridine rings is 4. The number of imidazole rings is 2. The molecule has 0 fully saturated rings. The Morgan fingerprint density at radius 1 is 0.355 bits per heavy atom. The van der Waals surface area contributed by atoms with Crippen LogP contribution in [0.15, 0.2) is 184 Å². The first-order chi connectivity index (χ1) is 65.0. The van der Waals surface area contributed by atoms with Crippen LogP contribution in [-0.4, -0.2) is 190 Å². The minimum Gasteiger partial charge on any atom is -0.418 e. The van der Waals surface area contributed by atoms with E-state index in [1.165, 1.54) is 55.8 Å². The molecule has 50 nitrogen and oxygen atoms in total. The van der Waals surface area contributed by atoms with Crippen molar-refractivity contribution in [1.29, 1.82) is 0 Å². The summed E-state index contributed by atoms with van der Waals surface area (Å²) >= 11 is 5.51. The summed E-state index contributed by atoms with van der Waals surface area (Å²) in [7, 11) is 0. The molecule has 4 aromatic carbocycles. The molecule has 0 unspecified atom stereocenters. The fourth-order valence-corrected chi connectivity index (χ4v) is 11.8. The first kappa shape index (κ1) is 117. The number of benzene rings is 4. The van der Waals surface area contributed by atoms with Gasteiger partial charge in [0.1, 0.15) is 33.8 Å². The van der Waals surface area contributed by atoms with E-state index in [1.807, 2.05) is 39.0 Å². The van der Waals surface area contributed by atoms with Gasteiger partial charge < -0.3 is 140 Å². The van der Waals surface area contributed by atoms with Crippen LogP contribution in [0.5, 0.6) is 0 Å². The minimum atomic E-state index is -0.718. The number of nitrogens with two attached hydrogens (primary N) is 14. The summed E-state index contributed by atoms with van der Waals surface area (Å²) in [5, 5.41) is 8.74. The second kappa shape index (κ2) is 55.7. The normalized spacial score (nSPS) is 9.84. The average Bonchev–Trinajstić information content (AvgIpc) is 1.81. The zero-order valence-corrected chi connectivity index (χ0v) is 88.6. The van der Waals surface area contributed by atoms with Gasteiger partial charge >= 0.3 is 0 Å². The zero-order chi connectivity index (χ0) is 98.6. The predicted octanol–water partition coefficient (Wildman–Crippen LogP) is 2.81. The molecular weight excluding hydrogens is 2220 g/mol. The van der Waals surface area contributed by atoms with E-state index in [-0.39, 0.29) is 203 Å². The fraction of sp³-hybridized carbons (Fsp3) is 0.0353. The zero-order valence-electron chi connectivity index (χ0n) is 73.7. The van der Waals surface area contributed by atoms with Crippen LogP contribution in [-0.2, 0) is 164 Å². The third-order valence-corrected chi connectivity index (χ3v) is 18.1. The van der Waals surface area contributed by atoms with Gasteiger partial charge in [0.15, 0.2) is 17.5 Å². The van der Waals surface area contributed by atoms with Gasteiger partial charge in [-0.2, -0.15) is 11.2 Å². The molecule has 0 saturated carbocycles. The molecule has 0 saturated heterocycles. The second-order valence-electron chi connectivity index (χ2n) is 26.9. The number of H-pyrrole nitrogens is 6. The maximum atomic E-state index is 11.2. The molecule has 20 aromatic rings. The number of hydrogen-bond acceptors (Lipinski definition) is 33. The summed E-state index contributed by atoms with van der Waals surface area (Å²) in [4.78, 5) is 204. The predicted molar refractivity (Wildman–Crippen MR) is 493 cm³/mol. The number of nitrogens with zero attached hydrogens (tertiary/aromatic N) is 19. The second-order valence-corrected chi connectivity index (χ2v) is 27.3. The molecule has 701 valence electrons. The quantitative estimate of drug-likeness (QED) is 0.0828. The van der Waals surface area contributed by atoms with Gasteiger partial charge in [0, 0.05) is 228 Å². The maximum absolute atomic E-state index is 11.2. The number of halogens is 1. The number of primary amides is 11. The number of para-hydroxylation sites is 4. The van der Waals surface area contributed by atoms with Gasteiger partial charge in [-0.05, 0) is 99.1 Å². The molecule has 0 spiro atoms. The van der Waals surface area contributed by atoms with E-state index in [0.717, 1.165) is 28.0 Å². The minimum absolute atomic E-state index is 0. The summed E-state index contributed by atoms with van der Waals surface area (Å²) in [6.45, 7) is 5.57. The molecule has 0 atom stereocenters. The van der Waals surface area contributed by atoms with E-state index in [4.69, 9.17) is 91.9 Å². The summed E-state index contributed by atoms with van der Waals surface area (Å²) in [5.41, 5.74) is 86.4. The van der Waals surface area contributed by atoms with Crippen LogP contribution in [0, 0.1) is 51.9 Å². The van der Waals surface area contributed by atoms with Gasteiger partial charge in [-0.25, -0.2) is 24.9 Å². The number of amides is 11. The van der Waals surface area contributed by atoms with Crippen LogP contribution in [0.1, 0.15) is 131 Å². The maximum Gasteiger partial charge on any atom is 0.269 e. The largest absolute Gasteiger partial charge is 0.418 e. The monoisotopic (exact) mass is 2300 g/mol. The molecular formula is C85H73ClN39O11Y5-5. The number of anilines is 3. The Morgan fingerprint density at radius 2 is 0.851 bits per heavy atom. The average molecular weight is 2300 g/mol. The molecule has 16 aromatic heterocycles. The van der Waals surface area contributed by atoms with Gasteiger partial charge in [-0.3, -0.25) is 87.9 Å². The van der Waals surface area contributed by atoms with Crippen molar-refractivity contribution >= 4 is 193 Å². The van der Waals surface area contributed by atoms with E-state index in [0.29, 0.717) is 133 Å². The standard InChI is InChI=1S/C11H11N3O.2C10H9N3O.C9H7N3O.2C8H6N3O.2C7H5N4O.C6H4N5O.C5H5ClN4O.C4H6N4O.5Y/c1-6-7(2)14-10-8(11(12)15)4-3-5-9(10)13-6;1-6-5-12-8-4-2-3-7(10(11)14)9(8)13-6;11-7-5-13-8-4-2-1-3-6(8)9(7)10(12)14;10-9(13)6-2-1-3-7-8(6)12-5-4-11-7;2*9-7(12)5-1-3-10-8-6(5)2-4-11-8;8-6(12)5-4-1-2-9-7(4)11-3-10-5;8-6(12)4-1-2-9-7-5(4)10-3-11-7;7-5(12)3-4-6(10-1-8-3)11-2-9-4;6-2-1-9-5(8)10-3(2)4(7)11;5-3-2(4(6)9)1-7-8-3;;;;;/h3-5H,1-2H3,(H2,12,15);2-5H,1H3,(H2,11,14);1-5H,11H2,(H2,12,14);1-5H,(H2,10,13);2-4H,(H2,9,12)(H,10,11);1-2,4H,(H2,9,12)(H,10,11);1-2H,(H2,8,12)(H,9,10,11);1,3H,(H2,8,12)(H,9,10,11);2H,(H2,7,12)(H,8,9,10,11);1H,(H2,7,11)(H2,8,9,10);1H,(H2,6,9)(H3,5,7,8);;;;;/q;;;;5*-1;;;;;;;. The van der Waals surface area contributed by atoms with Gasteiger partial charge in [-0.1, -0.05) is 100 Å². The summed E-state index contributed by atoms with van der Waals surface area (Å²) < 4.78 is 0. The Kier molecular flexibility index (Phi) is 46.1. The molecule has 16 heterocycles. The van der Waals surface area contributed by atoms with Gasteiger partial charge in [0.25, 0.3) is 35.4 Å². The number of nitrogens with one attached hydrogen (secondary N) is 6. The van der Waals surface area contributed by atoms with Crippen molar-refractivity contribution in [3.8, 4) is 0 Å². The molecule has 11 amide bonds. The number of fused-ring (bicyclic) bond motifs is 9. The van der Waals surface area contributed by atoms with E-state index >= 15 is 0 Å². The van der Waals surface area contributed by atoms with E-state index < -0.39 is 65.0 Å². The Morgan fingerprint density at radius 3 is 1.43 bits per heavy atom. The number of hydrogen-bond donors (Lipinski definition) is 20. The number of carbonyl (C=O) groups is 11. The van der Waals surface area contributed by atoms with Crippen LogP contribution in [0.4, 0.5) is 17.5 Å². The van der Waals surface area contributed by atoms with Crippen LogP contribution < -0.4 is 80.3 Å². The number of aromatic nitrogens is 25. The molecule has 5 radical (unpaired) electrons. The topological polar surface area (TPSA) is 892 Å². The van der Waals surface area contributed by atoms with Crippen molar-refractivity contribution in [2.24, 2.45) is 63.1 Å². The number of aryl methyl sites for hydroxylation is 3. The van der Waals surface area contributed by atoms with Crippen LogP contribution in [0.25, 0.3) is 99.4 Å². The smallest absolute Gasteiger partial charge is 0.269 e. The Balaban J connectivity index is 0.000000273. The molecule has 20 rings (SSSR count). The van der Waals surface area contributed by atoms with Crippen molar-refractivity contribution in [1.82, 2.24) is 125 Å². The number of rotatable bonds is 11. The Bertz CT molecular complexity index is 7390. The number of aromatic amines is 6. The summed E-state index contributed by atoms with van der Waals surface area (Å²) in [6, 6.07) is 33.6. The first-order valence-electron chi connectivity index (χ1n) is 38.3. The summed E-state index contributed by atoms with van der Waals surface area (Å²) in [6.07, 6.45) is 27.9. The third-order valence-electron chi connectivity index (χ3n) is 17.9. The van der Waals surface area contributed by atoms with Crippen molar-refractivity contribution in [3.63, 3.8) is 0 Å². The van der Waals surface area contributed by atoms with Gasteiger partial charge in [0.2, 0.25) is 17.8 Å². The number of nitrogen functional groups attached to an aromatic ring is 3. The molecule has 56 heteroatoms. The van der Waals surface area contributed by atoms with Crippen molar-refractivity contribution in [3.05, 3.63) is 299 Å². The van der Waals surface area contributed by atoms with Crippen molar-refractivity contribution in [2.45, 2.75) is 20.8 Å².